The van der Waals surface area contributed by atoms with Gasteiger partial charge < -0.3 is 26.4 Å². The number of ether oxygens (including phenoxy) is 1. The largest absolute Gasteiger partial charge is 0.398 e. The van der Waals surface area contributed by atoms with Crippen molar-refractivity contribution in [3.63, 3.8) is 0 Å². The van der Waals surface area contributed by atoms with Crippen molar-refractivity contribution in [2.24, 2.45) is 0 Å². The molecule has 164 valence electrons. The number of morpholine rings is 1. The van der Waals surface area contributed by atoms with E-state index in [1.54, 1.807) is 0 Å². The quantitative estimate of drug-likeness (QED) is 0.343. The van der Waals surface area contributed by atoms with E-state index in [4.69, 9.17) is 16.2 Å². The van der Waals surface area contributed by atoms with Crippen molar-refractivity contribution < 1.29 is 4.74 Å². The third kappa shape index (κ3) is 4.15. The smallest absolute Gasteiger partial charge is 0.222 e. The Balaban J connectivity index is 1.40. The summed E-state index contributed by atoms with van der Waals surface area (Å²) in [7, 11) is 0. The normalized spacial score (nSPS) is 14.1. The van der Waals surface area contributed by atoms with Crippen LogP contribution in [0.4, 0.5) is 23.3 Å². The van der Waals surface area contributed by atoms with Gasteiger partial charge in [-0.1, -0.05) is 30.3 Å². The van der Waals surface area contributed by atoms with E-state index in [0.717, 1.165) is 59.9 Å². The minimum atomic E-state index is 0.232. The maximum atomic E-state index is 6.44. The maximum Gasteiger partial charge on any atom is 0.222 e. The molecule has 0 aliphatic carbocycles. The van der Waals surface area contributed by atoms with E-state index in [2.05, 4.69) is 42.5 Å². The van der Waals surface area contributed by atoms with E-state index in [0.29, 0.717) is 18.9 Å². The van der Waals surface area contributed by atoms with Crippen molar-refractivity contribution in [2.45, 2.75) is 6.42 Å². The van der Waals surface area contributed by atoms with Crippen molar-refractivity contribution in [1.82, 2.24) is 20.2 Å². The predicted octanol–water partition coefficient (Wildman–Crippen LogP) is 2.68. The first-order valence-corrected chi connectivity index (χ1v) is 10.7. The second kappa shape index (κ2) is 8.72. The Hall–Kier alpha value is -3.85. The molecule has 0 spiro atoms. The molecule has 0 bridgehead atoms. The van der Waals surface area contributed by atoms with Crippen LogP contribution in [0, 0.1) is 0 Å². The molecule has 1 aliphatic rings. The highest BCUT2D eigenvalue weighted by molar-refractivity contribution is 6.01. The average molecular weight is 431 g/mol. The molecule has 0 saturated carbocycles. The van der Waals surface area contributed by atoms with Crippen LogP contribution in [0.3, 0.4) is 0 Å². The van der Waals surface area contributed by atoms with Crippen molar-refractivity contribution in [3.05, 3.63) is 54.1 Å². The molecule has 2 aromatic heterocycles. The van der Waals surface area contributed by atoms with Gasteiger partial charge in [-0.2, -0.15) is 10.1 Å². The van der Waals surface area contributed by atoms with Crippen LogP contribution in [0.1, 0.15) is 5.56 Å². The average Bonchev–Trinajstić information content (AvgIpc) is 3.23. The molecule has 1 saturated heterocycles. The van der Waals surface area contributed by atoms with Crippen LogP contribution in [-0.2, 0) is 11.2 Å². The minimum Gasteiger partial charge on any atom is -0.398 e. The number of nitrogen functional groups attached to an aromatic ring is 2. The summed E-state index contributed by atoms with van der Waals surface area (Å²) >= 11 is 0. The summed E-state index contributed by atoms with van der Waals surface area (Å²) in [5.41, 5.74) is 16.8. The van der Waals surface area contributed by atoms with Gasteiger partial charge in [0, 0.05) is 37.0 Å². The third-order valence-electron chi connectivity index (χ3n) is 5.60. The summed E-state index contributed by atoms with van der Waals surface area (Å²) < 4.78 is 5.44. The Morgan fingerprint density at radius 3 is 2.66 bits per heavy atom. The zero-order chi connectivity index (χ0) is 21.9. The monoisotopic (exact) mass is 430 g/mol. The SMILES string of the molecule is Nc1nc(-c2cc(N)c3c(NCCc4ccccc4)n[nH]c3c2)cc(N2CCOCC2)n1. The van der Waals surface area contributed by atoms with Crippen LogP contribution in [0.25, 0.3) is 22.2 Å². The Labute approximate surface area is 185 Å². The van der Waals surface area contributed by atoms with Gasteiger partial charge in [0.25, 0.3) is 0 Å². The second-order valence-electron chi connectivity index (χ2n) is 7.79. The van der Waals surface area contributed by atoms with Gasteiger partial charge in [0.15, 0.2) is 5.82 Å². The lowest BCUT2D eigenvalue weighted by Gasteiger charge is -2.28. The molecule has 0 radical (unpaired) electrons. The molecule has 1 aliphatic heterocycles. The molecule has 0 atom stereocenters. The number of benzene rings is 2. The first-order valence-electron chi connectivity index (χ1n) is 10.7. The predicted molar refractivity (Wildman–Crippen MR) is 128 cm³/mol. The molecule has 0 amide bonds. The lowest BCUT2D eigenvalue weighted by Crippen LogP contribution is -2.36. The van der Waals surface area contributed by atoms with E-state index >= 15 is 0 Å². The second-order valence-corrected chi connectivity index (χ2v) is 7.79. The van der Waals surface area contributed by atoms with Gasteiger partial charge in [-0.15, -0.1) is 0 Å². The number of nitrogens with one attached hydrogen (secondary N) is 2. The van der Waals surface area contributed by atoms with Crippen molar-refractivity contribution >= 4 is 34.2 Å². The van der Waals surface area contributed by atoms with Crippen molar-refractivity contribution in [1.29, 1.82) is 0 Å². The van der Waals surface area contributed by atoms with Crippen LogP contribution in [0.5, 0.6) is 0 Å². The van der Waals surface area contributed by atoms with Gasteiger partial charge in [0.2, 0.25) is 5.95 Å². The van der Waals surface area contributed by atoms with E-state index in [-0.39, 0.29) is 5.95 Å². The zero-order valence-electron chi connectivity index (χ0n) is 17.7. The van der Waals surface area contributed by atoms with E-state index < -0.39 is 0 Å². The Bertz CT molecular complexity index is 1220. The number of hydrogen-bond acceptors (Lipinski definition) is 8. The molecular formula is C23H26N8O. The fraction of sp³-hybridized carbons (Fsp3) is 0.261. The van der Waals surface area contributed by atoms with Crippen LogP contribution in [0.2, 0.25) is 0 Å². The first-order chi connectivity index (χ1) is 15.7. The highest BCUT2D eigenvalue weighted by atomic mass is 16.5. The summed E-state index contributed by atoms with van der Waals surface area (Å²) in [5, 5.41) is 11.8. The number of anilines is 4. The van der Waals surface area contributed by atoms with Gasteiger partial charge in [0.1, 0.15) is 5.82 Å². The molecule has 4 aromatic rings. The number of aromatic amines is 1. The minimum absolute atomic E-state index is 0.232. The number of fused-ring (bicyclic) bond motifs is 1. The summed E-state index contributed by atoms with van der Waals surface area (Å²) in [6, 6.07) is 16.2. The van der Waals surface area contributed by atoms with E-state index in [1.807, 2.05) is 36.4 Å². The molecule has 1 fully saturated rings. The molecule has 9 nitrogen and oxygen atoms in total. The molecule has 3 heterocycles. The maximum absolute atomic E-state index is 6.44. The van der Waals surface area contributed by atoms with Gasteiger partial charge in [-0.25, -0.2) is 4.98 Å². The number of rotatable bonds is 6. The Morgan fingerprint density at radius 2 is 1.84 bits per heavy atom. The Kier molecular flexibility index (Phi) is 5.47. The Morgan fingerprint density at radius 1 is 1.03 bits per heavy atom. The number of hydrogen-bond donors (Lipinski definition) is 4. The fourth-order valence-electron chi connectivity index (χ4n) is 3.99. The molecule has 0 unspecified atom stereocenters. The van der Waals surface area contributed by atoms with Crippen LogP contribution >= 0.6 is 0 Å². The molecular weight excluding hydrogens is 404 g/mol. The zero-order valence-corrected chi connectivity index (χ0v) is 17.7. The van der Waals surface area contributed by atoms with E-state index in [1.165, 1.54) is 5.56 Å². The van der Waals surface area contributed by atoms with E-state index in [9.17, 15) is 0 Å². The summed E-state index contributed by atoms with van der Waals surface area (Å²) in [4.78, 5) is 11.0. The third-order valence-corrected chi connectivity index (χ3v) is 5.60. The molecule has 9 heteroatoms. The lowest BCUT2D eigenvalue weighted by molar-refractivity contribution is 0.122. The topological polar surface area (TPSA) is 131 Å². The number of aromatic nitrogens is 4. The van der Waals surface area contributed by atoms with Crippen molar-refractivity contribution in [3.8, 4) is 11.3 Å². The first kappa shape index (κ1) is 20.1. The highest BCUT2D eigenvalue weighted by Crippen LogP contribution is 2.33. The number of nitrogens with two attached hydrogens (primary N) is 2. The summed E-state index contributed by atoms with van der Waals surface area (Å²) in [6.07, 6.45) is 0.901. The van der Waals surface area contributed by atoms with Gasteiger partial charge in [-0.05, 0) is 24.1 Å². The lowest BCUT2D eigenvalue weighted by atomic mass is 10.1. The fourth-order valence-corrected chi connectivity index (χ4v) is 3.99. The van der Waals surface area contributed by atoms with Crippen LogP contribution < -0.4 is 21.7 Å². The standard InChI is InChI=1S/C23H26N8O/c24-17-12-16(18-14-20(28-23(25)27-18)31-8-10-32-11-9-31)13-19-21(17)22(30-29-19)26-7-6-15-4-2-1-3-5-15/h1-5,12-14H,6-11,24H2,(H2,25,27,28)(H2,26,29,30). The van der Waals surface area contributed by atoms with Gasteiger partial charge in [0.05, 0.1) is 29.8 Å². The van der Waals surface area contributed by atoms with Crippen LogP contribution in [-0.4, -0.2) is 53.0 Å². The van der Waals surface area contributed by atoms with Crippen LogP contribution in [0.15, 0.2) is 48.5 Å². The van der Waals surface area contributed by atoms with Gasteiger partial charge in [-0.3, -0.25) is 5.10 Å². The molecule has 5 rings (SSSR count). The number of H-pyrrole nitrogens is 1. The molecule has 32 heavy (non-hydrogen) atoms. The molecule has 6 N–H and O–H groups in total. The summed E-state index contributed by atoms with van der Waals surface area (Å²) in [5.74, 6) is 1.77. The van der Waals surface area contributed by atoms with Gasteiger partial charge >= 0.3 is 0 Å². The number of nitrogens with zero attached hydrogens (tertiary/aromatic N) is 4. The van der Waals surface area contributed by atoms with Crippen molar-refractivity contribution in [2.75, 3.05) is 54.5 Å². The summed E-state index contributed by atoms with van der Waals surface area (Å²) in [6.45, 7) is 3.65. The molecule has 2 aromatic carbocycles. The highest BCUT2D eigenvalue weighted by Gasteiger charge is 2.17.